The highest BCUT2D eigenvalue weighted by atomic mass is 16.5. The second-order valence-corrected chi connectivity index (χ2v) is 5.36. The second-order valence-electron chi connectivity index (χ2n) is 5.36. The second kappa shape index (κ2) is 5.17. The van der Waals surface area contributed by atoms with Gasteiger partial charge in [0.25, 0.3) is 0 Å². The maximum atomic E-state index is 5.17. The summed E-state index contributed by atoms with van der Waals surface area (Å²) in [6.45, 7) is 5.67. The van der Waals surface area contributed by atoms with Gasteiger partial charge in [-0.3, -0.25) is 0 Å². The molecule has 1 aromatic heterocycles. The number of hydrogen-bond acceptors (Lipinski definition) is 3. The van der Waals surface area contributed by atoms with Crippen molar-refractivity contribution in [2.75, 3.05) is 0 Å². The Labute approximate surface area is 114 Å². The summed E-state index contributed by atoms with van der Waals surface area (Å²) in [7, 11) is 0. The van der Waals surface area contributed by atoms with Gasteiger partial charge in [0.05, 0.1) is 5.69 Å². The summed E-state index contributed by atoms with van der Waals surface area (Å²) < 4.78 is 5.17. The molecule has 0 bridgehead atoms. The Morgan fingerprint density at radius 2 is 2.00 bits per heavy atom. The van der Waals surface area contributed by atoms with Crippen LogP contribution >= 0.6 is 0 Å². The normalized spacial score (nSPS) is 13.8. The summed E-state index contributed by atoms with van der Waals surface area (Å²) >= 11 is 0. The monoisotopic (exact) mass is 256 g/mol. The van der Waals surface area contributed by atoms with Crippen LogP contribution in [-0.4, -0.2) is 5.16 Å². The molecular weight excluding hydrogens is 236 g/mol. The van der Waals surface area contributed by atoms with Crippen molar-refractivity contribution in [1.29, 1.82) is 0 Å². The van der Waals surface area contributed by atoms with E-state index in [9.17, 15) is 0 Å². The van der Waals surface area contributed by atoms with Crippen molar-refractivity contribution >= 4 is 0 Å². The lowest BCUT2D eigenvalue weighted by Gasteiger charge is -2.07. The van der Waals surface area contributed by atoms with Crippen molar-refractivity contribution in [3.05, 3.63) is 51.9 Å². The van der Waals surface area contributed by atoms with Gasteiger partial charge >= 0.3 is 0 Å². The van der Waals surface area contributed by atoms with Gasteiger partial charge < -0.3 is 9.84 Å². The Kier molecular flexibility index (Phi) is 3.38. The summed E-state index contributed by atoms with van der Waals surface area (Å²) in [5.74, 6) is 0.916. The first-order valence-corrected chi connectivity index (χ1v) is 6.97. The fourth-order valence-corrected chi connectivity index (χ4v) is 2.82. The molecule has 2 aromatic rings. The van der Waals surface area contributed by atoms with Crippen LogP contribution in [0.5, 0.6) is 0 Å². The number of hydrogen-bond donors (Lipinski definition) is 1. The third-order valence-electron chi connectivity index (χ3n) is 3.98. The van der Waals surface area contributed by atoms with E-state index in [1.807, 2.05) is 13.8 Å². The number of aryl methyl sites for hydroxylation is 4. The van der Waals surface area contributed by atoms with Crippen LogP contribution < -0.4 is 5.32 Å². The van der Waals surface area contributed by atoms with Gasteiger partial charge in [0, 0.05) is 18.7 Å². The minimum atomic E-state index is 0.818. The van der Waals surface area contributed by atoms with Gasteiger partial charge in [-0.1, -0.05) is 23.4 Å². The molecule has 1 aromatic carbocycles. The Balaban J connectivity index is 1.61. The molecule has 1 heterocycles. The van der Waals surface area contributed by atoms with Crippen molar-refractivity contribution in [2.24, 2.45) is 0 Å². The Hall–Kier alpha value is -1.61. The van der Waals surface area contributed by atoms with Crippen molar-refractivity contribution in [2.45, 2.75) is 46.2 Å². The molecule has 0 saturated carbocycles. The maximum Gasteiger partial charge on any atom is 0.138 e. The third-order valence-corrected chi connectivity index (χ3v) is 3.98. The quantitative estimate of drug-likeness (QED) is 0.913. The molecule has 0 atom stereocenters. The van der Waals surface area contributed by atoms with Gasteiger partial charge in [-0.15, -0.1) is 0 Å². The summed E-state index contributed by atoms with van der Waals surface area (Å²) in [6, 6.07) is 6.88. The Morgan fingerprint density at radius 3 is 2.79 bits per heavy atom. The van der Waals surface area contributed by atoms with E-state index in [0.29, 0.717) is 0 Å². The Morgan fingerprint density at radius 1 is 1.16 bits per heavy atom. The van der Waals surface area contributed by atoms with E-state index in [1.54, 1.807) is 0 Å². The minimum absolute atomic E-state index is 0.818. The lowest BCUT2D eigenvalue weighted by molar-refractivity contribution is 0.392. The first kappa shape index (κ1) is 12.4. The molecule has 0 fully saturated rings. The van der Waals surface area contributed by atoms with Gasteiger partial charge in [0.2, 0.25) is 0 Å². The molecule has 0 unspecified atom stereocenters. The van der Waals surface area contributed by atoms with E-state index in [0.717, 1.165) is 24.5 Å². The van der Waals surface area contributed by atoms with Crippen LogP contribution in [0.25, 0.3) is 0 Å². The molecule has 1 aliphatic carbocycles. The maximum absolute atomic E-state index is 5.17. The highest BCUT2D eigenvalue weighted by Crippen LogP contribution is 2.22. The standard InChI is InChI=1S/C16H20N2O/c1-11-16(12(2)19-18-11)10-17-9-13-6-7-14-4-3-5-15(14)8-13/h6-8,17H,3-5,9-10H2,1-2H3. The van der Waals surface area contributed by atoms with Crippen LogP contribution in [0.1, 0.15) is 40.1 Å². The average Bonchev–Trinajstić information content (AvgIpc) is 2.99. The lowest BCUT2D eigenvalue weighted by atomic mass is 10.1. The molecule has 3 rings (SSSR count). The van der Waals surface area contributed by atoms with Crippen molar-refractivity contribution in [3.63, 3.8) is 0 Å². The number of aromatic nitrogens is 1. The van der Waals surface area contributed by atoms with Crippen LogP contribution in [0.4, 0.5) is 0 Å². The van der Waals surface area contributed by atoms with Crippen molar-refractivity contribution in [1.82, 2.24) is 10.5 Å². The first-order chi connectivity index (χ1) is 9.24. The summed E-state index contributed by atoms with van der Waals surface area (Å²) in [6.07, 6.45) is 3.81. The Bertz CT molecular complexity index is 567. The molecule has 0 spiro atoms. The predicted molar refractivity (Wildman–Crippen MR) is 75.0 cm³/mol. The molecular formula is C16H20N2O. The molecule has 3 nitrogen and oxygen atoms in total. The summed E-state index contributed by atoms with van der Waals surface area (Å²) in [4.78, 5) is 0. The smallest absolute Gasteiger partial charge is 0.138 e. The number of nitrogens with zero attached hydrogens (tertiary/aromatic N) is 1. The molecule has 3 heteroatoms. The van der Waals surface area contributed by atoms with Gasteiger partial charge in [-0.2, -0.15) is 0 Å². The van der Waals surface area contributed by atoms with E-state index in [1.165, 1.54) is 41.5 Å². The highest BCUT2D eigenvalue weighted by molar-refractivity contribution is 5.35. The lowest BCUT2D eigenvalue weighted by Crippen LogP contribution is -2.13. The third kappa shape index (κ3) is 2.56. The number of benzene rings is 1. The molecule has 0 saturated heterocycles. The molecule has 19 heavy (non-hydrogen) atoms. The van der Waals surface area contributed by atoms with Crippen molar-refractivity contribution in [3.8, 4) is 0 Å². The predicted octanol–water partition coefficient (Wildman–Crippen LogP) is 3.07. The molecule has 1 aliphatic rings. The molecule has 0 radical (unpaired) electrons. The van der Waals surface area contributed by atoms with Gasteiger partial charge in [-0.05, 0) is 49.8 Å². The zero-order chi connectivity index (χ0) is 13.2. The van der Waals surface area contributed by atoms with E-state index in [2.05, 4.69) is 28.7 Å². The van der Waals surface area contributed by atoms with E-state index < -0.39 is 0 Å². The van der Waals surface area contributed by atoms with Crippen molar-refractivity contribution < 1.29 is 4.52 Å². The van der Waals surface area contributed by atoms with Gasteiger partial charge in [0.1, 0.15) is 5.76 Å². The molecule has 1 N–H and O–H groups in total. The number of rotatable bonds is 4. The van der Waals surface area contributed by atoms with E-state index in [4.69, 9.17) is 4.52 Å². The zero-order valence-corrected chi connectivity index (χ0v) is 11.6. The van der Waals surface area contributed by atoms with Gasteiger partial charge in [0.15, 0.2) is 0 Å². The SMILES string of the molecule is Cc1noc(C)c1CNCc1ccc2c(c1)CCC2. The van der Waals surface area contributed by atoms with Gasteiger partial charge in [-0.25, -0.2) is 0 Å². The zero-order valence-electron chi connectivity index (χ0n) is 11.6. The van der Waals surface area contributed by atoms with Crippen LogP contribution in [0.15, 0.2) is 22.7 Å². The summed E-state index contributed by atoms with van der Waals surface area (Å²) in [5, 5.41) is 7.45. The highest BCUT2D eigenvalue weighted by Gasteiger charge is 2.11. The number of nitrogens with one attached hydrogen (secondary N) is 1. The molecule has 100 valence electrons. The minimum Gasteiger partial charge on any atom is -0.361 e. The van der Waals surface area contributed by atoms with Crippen LogP contribution in [0, 0.1) is 13.8 Å². The van der Waals surface area contributed by atoms with Crippen LogP contribution in [0.3, 0.4) is 0 Å². The van der Waals surface area contributed by atoms with E-state index >= 15 is 0 Å². The fraction of sp³-hybridized carbons (Fsp3) is 0.438. The summed E-state index contributed by atoms with van der Waals surface area (Å²) in [5.41, 5.74) is 6.61. The van der Waals surface area contributed by atoms with Crippen LogP contribution in [0.2, 0.25) is 0 Å². The van der Waals surface area contributed by atoms with E-state index in [-0.39, 0.29) is 0 Å². The molecule has 0 amide bonds. The average molecular weight is 256 g/mol. The first-order valence-electron chi connectivity index (χ1n) is 6.97. The fourth-order valence-electron chi connectivity index (χ4n) is 2.82. The topological polar surface area (TPSA) is 38.1 Å². The number of fused-ring (bicyclic) bond motifs is 1. The van der Waals surface area contributed by atoms with Crippen LogP contribution in [-0.2, 0) is 25.9 Å². The molecule has 0 aliphatic heterocycles. The largest absolute Gasteiger partial charge is 0.361 e.